The summed E-state index contributed by atoms with van der Waals surface area (Å²) in [5, 5.41) is 5.68. The van der Waals surface area contributed by atoms with E-state index < -0.39 is 0 Å². The van der Waals surface area contributed by atoms with Gasteiger partial charge in [0.15, 0.2) is 5.13 Å². The number of carbonyl (C=O) groups is 1. The van der Waals surface area contributed by atoms with Gasteiger partial charge in [-0.3, -0.25) is 15.1 Å². The third-order valence-corrected chi connectivity index (χ3v) is 7.64. The third-order valence-electron chi connectivity index (χ3n) is 6.86. The number of hydrogen-bond donors (Lipinski definition) is 1. The number of hydrogen-bond acceptors (Lipinski definition) is 7. The number of benzene rings is 1. The summed E-state index contributed by atoms with van der Waals surface area (Å²) in [5.41, 5.74) is 3.84. The van der Waals surface area contributed by atoms with Gasteiger partial charge in [0.2, 0.25) is 0 Å². The highest BCUT2D eigenvalue weighted by Crippen LogP contribution is 2.38. The second-order valence-corrected chi connectivity index (χ2v) is 10.2. The molecule has 6 rings (SSSR count). The number of ether oxygens (including phenoxy) is 2. The average molecular weight is 516 g/mol. The molecule has 0 unspecified atom stereocenters. The maximum absolute atomic E-state index is 13.1. The van der Waals surface area contributed by atoms with Crippen LogP contribution in [0.4, 0.5) is 10.8 Å². The van der Waals surface area contributed by atoms with Crippen LogP contribution in [0, 0.1) is 0 Å². The fourth-order valence-corrected chi connectivity index (χ4v) is 5.75. The molecule has 0 saturated carbocycles. The van der Waals surface area contributed by atoms with Crippen LogP contribution in [-0.2, 0) is 11.3 Å². The van der Waals surface area contributed by atoms with Crippen molar-refractivity contribution in [3.05, 3.63) is 89.5 Å². The minimum atomic E-state index is -0.161. The Morgan fingerprint density at radius 3 is 2.81 bits per heavy atom. The number of anilines is 2. The zero-order chi connectivity index (χ0) is 25.0. The van der Waals surface area contributed by atoms with Crippen LogP contribution in [0.25, 0.3) is 0 Å². The van der Waals surface area contributed by atoms with Crippen LogP contribution in [0.5, 0.6) is 5.75 Å². The van der Waals surface area contributed by atoms with Gasteiger partial charge in [0.05, 0.1) is 24.9 Å². The molecular formula is C28H29N5O3S. The molecule has 2 aliphatic heterocycles. The fourth-order valence-electron chi connectivity index (χ4n) is 5.00. The van der Waals surface area contributed by atoms with Gasteiger partial charge in [-0.25, -0.2) is 4.98 Å². The van der Waals surface area contributed by atoms with Gasteiger partial charge in [-0.15, -0.1) is 11.3 Å². The number of thiazole rings is 1. The monoisotopic (exact) mass is 515 g/mol. The predicted octanol–water partition coefficient (Wildman–Crippen LogP) is 5.15. The first-order valence-electron chi connectivity index (χ1n) is 12.6. The average Bonchev–Trinajstić information content (AvgIpc) is 3.73. The lowest BCUT2D eigenvalue weighted by atomic mass is 10.1. The van der Waals surface area contributed by atoms with E-state index in [1.807, 2.05) is 47.2 Å². The lowest BCUT2D eigenvalue weighted by molar-refractivity contribution is 0.101. The van der Waals surface area contributed by atoms with E-state index in [1.165, 1.54) is 11.3 Å². The second kappa shape index (κ2) is 10.7. The minimum Gasteiger partial charge on any atom is -0.488 e. The lowest BCUT2D eigenvalue weighted by Gasteiger charge is -2.26. The number of aromatic nitrogens is 3. The molecule has 0 aliphatic carbocycles. The van der Waals surface area contributed by atoms with Crippen molar-refractivity contribution in [3.63, 3.8) is 0 Å². The van der Waals surface area contributed by atoms with Crippen molar-refractivity contribution < 1.29 is 14.3 Å². The van der Waals surface area contributed by atoms with Crippen LogP contribution in [0.15, 0.2) is 72.5 Å². The fraction of sp³-hybridized carbons (Fsp3) is 0.321. The Balaban J connectivity index is 1.11. The molecule has 0 radical (unpaired) electrons. The summed E-state index contributed by atoms with van der Waals surface area (Å²) in [6.45, 7) is 3.02. The van der Waals surface area contributed by atoms with Crippen LogP contribution >= 0.6 is 11.3 Å². The van der Waals surface area contributed by atoms with E-state index in [0.717, 1.165) is 55.1 Å². The molecule has 1 amide bonds. The number of amides is 1. The highest BCUT2D eigenvalue weighted by molar-refractivity contribution is 7.14. The van der Waals surface area contributed by atoms with Crippen LogP contribution in [0.1, 0.15) is 47.1 Å². The summed E-state index contributed by atoms with van der Waals surface area (Å²) in [7, 11) is 0. The standard InChI is InChI=1S/C28H29N5O3S/c34-27(26-4-1-14-32(26)17-20-9-12-29-13-10-20)31-28-30-24(19-37-28)25-3-2-15-33(25)21-5-7-22(8-6-21)36-23-11-16-35-18-23/h1,4-10,12-14,19,23,25H,2-3,11,15-18H2,(H,30,31,34)/t23-,25+/m0/s1. The van der Waals surface area contributed by atoms with E-state index >= 15 is 0 Å². The number of nitrogens with zero attached hydrogens (tertiary/aromatic N) is 4. The summed E-state index contributed by atoms with van der Waals surface area (Å²) in [6, 6.07) is 16.1. The van der Waals surface area contributed by atoms with Crippen molar-refractivity contribution in [2.24, 2.45) is 0 Å². The molecule has 2 atom stereocenters. The van der Waals surface area contributed by atoms with Gasteiger partial charge in [0.25, 0.3) is 5.91 Å². The Kier molecular flexibility index (Phi) is 6.88. The Labute approximate surface area is 219 Å². The van der Waals surface area contributed by atoms with Crippen LogP contribution < -0.4 is 15.0 Å². The molecule has 2 aliphatic rings. The summed E-state index contributed by atoms with van der Waals surface area (Å²) in [6.07, 6.45) is 8.65. The first-order chi connectivity index (χ1) is 18.2. The summed E-state index contributed by atoms with van der Waals surface area (Å²) >= 11 is 1.47. The Bertz CT molecular complexity index is 1330. The quantitative estimate of drug-likeness (QED) is 0.350. The van der Waals surface area contributed by atoms with Gasteiger partial charge in [-0.1, -0.05) is 0 Å². The second-order valence-electron chi connectivity index (χ2n) is 9.36. The molecule has 2 fully saturated rings. The maximum atomic E-state index is 13.1. The number of pyridine rings is 1. The molecule has 8 nitrogen and oxygen atoms in total. The molecule has 190 valence electrons. The molecule has 4 aromatic rings. The van der Waals surface area contributed by atoms with Gasteiger partial charge in [-0.05, 0) is 66.9 Å². The Morgan fingerprint density at radius 2 is 2.00 bits per heavy atom. The Hall–Kier alpha value is -3.69. The molecule has 2 saturated heterocycles. The van der Waals surface area contributed by atoms with Crippen LogP contribution in [0.3, 0.4) is 0 Å². The number of nitrogens with one attached hydrogen (secondary N) is 1. The van der Waals surface area contributed by atoms with Gasteiger partial charge in [0.1, 0.15) is 17.5 Å². The minimum absolute atomic E-state index is 0.146. The first kappa shape index (κ1) is 23.7. The third kappa shape index (κ3) is 5.38. The zero-order valence-electron chi connectivity index (χ0n) is 20.5. The van der Waals surface area contributed by atoms with E-state index in [2.05, 4.69) is 32.7 Å². The molecule has 0 bridgehead atoms. The van der Waals surface area contributed by atoms with E-state index in [9.17, 15) is 4.79 Å². The number of rotatable bonds is 8. The molecule has 37 heavy (non-hydrogen) atoms. The first-order valence-corrected chi connectivity index (χ1v) is 13.5. The summed E-state index contributed by atoms with van der Waals surface area (Å²) < 4.78 is 13.4. The lowest BCUT2D eigenvalue weighted by Crippen LogP contribution is -2.23. The zero-order valence-corrected chi connectivity index (χ0v) is 21.3. The molecular weight excluding hydrogens is 486 g/mol. The molecule has 1 N–H and O–H groups in total. The largest absolute Gasteiger partial charge is 0.488 e. The van der Waals surface area contributed by atoms with Crippen molar-refractivity contribution in [1.29, 1.82) is 0 Å². The van der Waals surface area contributed by atoms with Crippen molar-refractivity contribution in [3.8, 4) is 5.75 Å². The molecule has 3 aromatic heterocycles. The van der Waals surface area contributed by atoms with Gasteiger partial charge < -0.3 is 18.9 Å². The topological polar surface area (TPSA) is 81.5 Å². The van der Waals surface area contributed by atoms with Gasteiger partial charge >= 0.3 is 0 Å². The molecule has 0 spiro atoms. The van der Waals surface area contributed by atoms with E-state index in [1.54, 1.807) is 12.4 Å². The van der Waals surface area contributed by atoms with Gasteiger partial charge in [0, 0.05) is 49.2 Å². The van der Waals surface area contributed by atoms with E-state index in [4.69, 9.17) is 14.5 Å². The molecule has 5 heterocycles. The molecule has 1 aromatic carbocycles. The SMILES string of the molecule is O=C(Nc1nc([C@H]2CCCN2c2ccc(O[C@H]3CCOC3)cc2)cs1)c1cccn1Cc1ccncc1. The van der Waals surface area contributed by atoms with Crippen molar-refractivity contribution in [2.75, 3.05) is 30.0 Å². The van der Waals surface area contributed by atoms with Crippen molar-refractivity contribution in [1.82, 2.24) is 14.5 Å². The summed E-state index contributed by atoms with van der Waals surface area (Å²) in [4.78, 5) is 24.3. The van der Waals surface area contributed by atoms with Crippen LogP contribution in [0.2, 0.25) is 0 Å². The smallest absolute Gasteiger partial charge is 0.274 e. The maximum Gasteiger partial charge on any atom is 0.274 e. The molecule has 9 heteroatoms. The highest BCUT2D eigenvalue weighted by Gasteiger charge is 2.29. The van der Waals surface area contributed by atoms with Crippen LogP contribution in [-0.4, -0.2) is 46.3 Å². The van der Waals surface area contributed by atoms with Gasteiger partial charge in [-0.2, -0.15) is 0 Å². The van der Waals surface area contributed by atoms with Crippen molar-refractivity contribution in [2.45, 2.75) is 38.0 Å². The predicted molar refractivity (Wildman–Crippen MR) is 143 cm³/mol. The van der Waals surface area contributed by atoms with E-state index in [0.29, 0.717) is 24.0 Å². The highest BCUT2D eigenvalue weighted by atomic mass is 32.1. The normalized spacial score (nSPS) is 19.3. The Morgan fingerprint density at radius 1 is 1.14 bits per heavy atom. The van der Waals surface area contributed by atoms with E-state index in [-0.39, 0.29) is 18.1 Å². The van der Waals surface area contributed by atoms with Crippen molar-refractivity contribution >= 4 is 28.1 Å². The summed E-state index contributed by atoms with van der Waals surface area (Å²) in [5.74, 6) is 0.717. The number of carbonyl (C=O) groups excluding carboxylic acids is 1.